The first kappa shape index (κ1) is 23.5. The van der Waals surface area contributed by atoms with Gasteiger partial charge >= 0.3 is 0 Å². The second kappa shape index (κ2) is 8.61. The van der Waals surface area contributed by atoms with E-state index < -0.39 is 0 Å². The lowest BCUT2D eigenvalue weighted by atomic mass is 9.43. The van der Waals surface area contributed by atoms with Crippen LogP contribution in [0.3, 0.4) is 0 Å². The zero-order chi connectivity index (χ0) is 22.6. The van der Waals surface area contributed by atoms with E-state index in [0.717, 1.165) is 51.4 Å². The summed E-state index contributed by atoms with van der Waals surface area (Å²) < 4.78 is 0. The maximum absolute atomic E-state index is 12.0. The van der Waals surface area contributed by atoms with Crippen molar-refractivity contribution < 1.29 is 20.1 Å². The molecule has 4 saturated carbocycles. The normalized spacial score (nSPS) is 50.2. The Morgan fingerprint density at radius 3 is 2.52 bits per heavy atom. The van der Waals surface area contributed by atoms with E-state index in [4.69, 9.17) is 0 Å². The maximum Gasteiger partial charge on any atom is 0.219 e. The number of aliphatic hydroxyl groups is 3. The molecule has 0 spiro atoms. The van der Waals surface area contributed by atoms with Crippen molar-refractivity contribution in [3.8, 4) is 0 Å². The van der Waals surface area contributed by atoms with Gasteiger partial charge in [-0.2, -0.15) is 0 Å². The Balaban J connectivity index is 1.54. The minimum Gasteiger partial charge on any atom is -0.393 e. The fraction of sp³-hybridized carbons (Fsp3) is 0.962. The quantitative estimate of drug-likeness (QED) is 0.532. The summed E-state index contributed by atoms with van der Waals surface area (Å²) >= 11 is 0. The molecule has 0 heterocycles. The average molecular weight is 436 g/mol. The number of carbonyl (C=O) groups is 1. The Bertz CT molecular complexity index is 670. The van der Waals surface area contributed by atoms with E-state index in [-0.39, 0.29) is 41.0 Å². The van der Waals surface area contributed by atoms with Gasteiger partial charge in [0.05, 0.1) is 18.3 Å². The Morgan fingerprint density at radius 2 is 1.81 bits per heavy atom. The summed E-state index contributed by atoms with van der Waals surface area (Å²) in [6, 6.07) is 0. The molecule has 31 heavy (non-hydrogen) atoms. The van der Waals surface area contributed by atoms with Crippen LogP contribution in [0.2, 0.25) is 0 Å². The summed E-state index contributed by atoms with van der Waals surface area (Å²) in [4.78, 5) is 12.0. The first-order valence-electron chi connectivity index (χ1n) is 12.9. The van der Waals surface area contributed by atoms with Crippen molar-refractivity contribution in [1.82, 2.24) is 5.32 Å². The molecule has 0 bridgehead atoms. The number of aliphatic hydroxyl groups excluding tert-OH is 3. The summed E-state index contributed by atoms with van der Waals surface area (Å²) in [7, 11) is 0. The van der Waals surface area contributed by atoms with E-state index in [9.17, 15) is 20.1 Å². The molecule has 4 N–H and O–H groups in total. The standard InChI is InChI=1S/C26H45NO4/c1-5-27-23(31)9-6-15(2)18-7-8-19-24-20(14-22(30)26(18,19)4)25(3)11-10-17(28)12-16(25)13-21(24)29/h15-22,24,28-30H,5-14H2,1-4H3,(H,27,31)/t15-,16?,17-,18-,19?,20?,21-,22+,24?,25+,26-/m1/s1. The minimum absolute atomic E-state index is 0.118. The molecule has 4 aliphatic carbocycles. The molecule has 4 fully saturated rings. The molecule has 11 atom stereocenters. The monoisotopic (exact) mass is 435 g/mol. The van der Waals surface area contributed by atoms with Gasteiger partial charge in [0.2, 0.25) is 5.91 Å². The van der Waals surface area contributed by atoms with Crippen molar-refractivity contribution >= 4 is 5.91 Å². The predicted octanol–water partition coefficient (Wildman–Crippen LogP) is 3.50. The molecule has 178 valence electrons. The summed E-state index contributed by atoms with van der Waals surface area (Å²) in [5, 5.41) is 36.1. The van der Waals surface area contributed by atoms with Crippen LogP contribution in [0.4, 0.5) is 0 Å². The van der Waals surface area contributed by atoms with Gasteiger partial charge in [-0.15, -0.1) is 0 Å². The van der Waals surface area contributed by atoms with Crippen LogP contribution in [-0.2, 0) is 4.79 Å². The summed E-state index contributed by atoms with van der Waals surface area (Å²) in [6.07, 6.45) is 6.90. The number of hydrogen-bond acceptors (Lipinski definition) is 4. The number of fused-ring (bicyclic) bond motifs is 5. The third-order valence-electron chi connectivity index (χ3n) is 10.7. The van der Waals surface area contributed by atoms with Crippen LogP contribution >= 0.6 is 0 Å². The van der Waals surface area contributed by atoms with Gasteiger partial charge in [0.1, 0.15) is 0 Å². The number of amides is 1. The van der Waals surface area contributed by atoms with Crippen molar-refractivity contribution in [2.75, 3.05) is 6.54 Å². The van der Waals surface area contributed by atoms with E-state index in [1.54, 1.807) is 0 Å². The maximum atomic E-state index is 12.0. The first-order chi connectivity index (χ1) is 14.6. The van der Waals surface area contributed by atoms with Gasteiger partial charge in [-0.25, -0.2) is 0 Å². The third kappa shape index (κ3) is 3.77. The van der Waals surface area contributed by atoms with Crippen molar-refractivity contribution in [2.24, 2.45) is 46.3 Å². The highest BCUT2D eigenvalue weighted by molar-refractivity contribution is 5.75. The molecule has 1 amide bonds. The zero-order valence-electron chi connectivity index (χ0n) is 20.0. The lowest BCUT2D eigenvalue weighted by Crippen LogP contribution is -2.62. The zero-order valence-corrected chi connectivity index (χ0v) is 20.0. The molecule has 0 aromatic carbocycles. The van der Waals surface area contributed by atoms with Gasteiger partial charge < -0.3 is 20.6 Å². The Labute approximate surface area is 188 Å². The number of hydrogen-bond donors (Lipinski definition) is 4. The smallest absolute Gasteiger partial charge is 0.219 e. The van der Waals surface area contributed by atoms with Crippen LogP contribution in [0.1, 0.15) is 85.5 Å². The highest BCUT2D eigenvalue weighted by Gasteiger charge is 2.65. The Hall–Kier alpha value is -0.650. The molecule has 0 saturated heterocycles. The highest BCUT2D eigenvalue weighted by Crippen LogP contribution is 2.68. The van der Waals surface area contributed by atoms with Gasteiger partial charge in [-0.1, -0.05) is 20.8 Å². The van der Waals surface area contributed by atoms with Crippen molar-refractivity contribution in [1.29, 1.82) is 0 Å². The van der Waals surface area contributed by atoms with Gasteiger partial charge in [0.15, 0.2) is 0 Å². The van der Waals surface area contributed by atoms with E-state index in [0.29, 0.717) is 42.6 Å². The van der Waals surface area contributed by atoms with Crippen LogP contribution < -0.4 is 5.32 Å². The SMILES string of the molecule is CCNC(=O)CC[C@@H](C)[C@H]1CCC2C3C(C[C@H](O)[C@@]21C)[C@@]1(C)CC[C@@H](O)CC1C[C@H]3O. The summed E-state index contributed by atoms with van der Waals surface area (Å²) in [5.41, 5.74) is -0.0620. The fourth-order valence-corrected chi connectivity index (χ4v) is 8.98. The molecule has 5 nitrogen and oxygen atoms in total. The number of carbonyl (C=O) groups excluding carboxylic acids is 1. The topological polar surface area (TPSA) is 89.8 Å². The lowest BCUT2D eigenvalue weighted by Gasteiger charge is -2.63. The van der Waals surface area contributed by atoms with E-state index in [1.165, 1.54) is 0 Å². The molecule has 4 aliphatic rings. The van der Waals surface area contributed by atoms with Crippen LogP contribution in [-0.4, -0.2) is 46.1 Å². The van der Waals surface area contributed by atoms with Gasteiger partial charge in [-0.3, -0.25) is 4.79 Å². The average Bonchev–Trinajstić information content (AvgIpc) is 3.07. The van der Waals surface area contributed by atoms with Crippen LogP contribution in [0.15, 0.2) is 0 Å². The van der Waals surface area contributed by atoms with Crippen LogP contribution in [0.25, 0.3) is 0 Å². The second-order valence-corrected chi connectivity index (χ2v) is 12.0. The number of nitrogens with one attached hydrogen (secondary N) is 1. The molecule has 0 aliphatic heterocycles. The number of rotatable bonds is 5. The van der Waals surface area contributed by atoms with Crippen molar-refractivity contribution in [2.45, 2.75) is 104 Å². The molecule has 0 aromatic heterocycles. The van der Waals surface area contributed by atoms with E-state index in [2.05, 4.69) is 26.1 Å². The summed E-state index contributed by atoms with van der Waals surface area (Å²) in [5.74, 6) is 2.21. The fourth-order valence-electron chi connectivity index (χ4n) is 8.98. The second-order valence-electron chi connectivity index (χ2n) is 12.0. The van der Waals surface area contributed by atoms with Crippen molar-refractivity contribution in [3.63, 3.8) is 0 Å². The molecular formula is C26H45NO4. The van der Waals surface area contributed by atoms with Crippen molar-refractivity contribution in [3.05, 3.63) is 0 Å². The first-order valence-corrected chi connectivity index (χ1v) is 12.9. The predicted molar refractivity (Wildman–Crippen MR) is 121 cm³/mol. The van der Waals surface area contributed by atoms with Crippen LogP contribution in [0, 0.1) is 46.3 Å². The van der Waals surface area contributed by atoms with Gasteiger partial charge in [0.25, 0.3) is 0 Å². The van der Waals surface area contributed by atoms with Gasteiger partial charge in [-0.05, 0) is 105 Å². The minimum atomic E-state index is -0.354. The van der Waals surface area contributed by atoms with Gasteiger partial charge in [0, 0.05) is 13.0 Å². The van der Waals surface area contributed by atoms with Crippen LogP contribution in [0.5, 0.6) is 0 Å². The Morgan fingerprint density at radius 1 is 1.06 bits per heavy atom. The lowest BCUT2D eigenvalue weighted by molar-refractivity contribution is -0.207. The molecule has 4 unspecified atom stereocenters. The highest BCUT2D eigenvalue weighted by atomic mass is 16.3. The molecular weight excluding hydrogens is 390 g/mol. The molecule has 0 radical (unpaired) electrons. The third-order valence-corrected chi connectivity index (χ3v) is 10.7. The largest absolute Gasteiger partial charge is 0.393 e. The van der Waals surface area contributed by atoms with E-state index in [1.807, 2.05) is 6.92 Å². The Kier molecular flexibility index (Phi) is 6.53. The molecule has 4 rings (SSSR count). The van der Waals surface area contributed by atoms with E-state index >= 15 is 0 Å². The molecule has 0 aromatic rings. The summed E-state index contributed by atoms with van der Waals surface area (Å²) in [6.45, 7) is 9.54. The molecule has 5 heteroatoms.